The molecule has 1 amide bonds. The van der Waals surface area contributed by atoms with Gasteiger partial charge in [-0.3, -0.25) is 10.1 Å². The standard InChI is InChI=1S/C14H20N2O/c1-14(2,3)9-16-10-15-12(13(16)17)11-7-5-4-6-8-11/h4-8,12,15H,9-10H2,1-3H3. The summed E-state index contributed by atoms with van der Waals surface area (Å²) in [6, 6.07) is 9.73. The van der Waals surface area contributed by atoms with Crippen LogP contribution in [-0.4, -0.2) is 24.0 Å². The molecule has 0 aliphatic carbocycles. The van der Waals surface area contributed by atoms with Gasteiger partial charge in [-0.15, -0.1) is 0 Å². The van der Waals surface area contributed by atoms with Crippen LogP contribution in [0, 0.1) is 5.41 Å². The Balaban J connectivity index is 2.08. The Kier molecular flexibility index (Phi) is 3.20. The lowest BCUT2D eigenvalue weighted by Crippen LogP contribution is -2.34. The Labute approximate surface area is 103 Å². The number of amides is 1. The molecule has 3 heteroatoms. The summed E-state index contributed by atoms with van der Waals surface area (Å²) in [7, 11) is 0. The van der Waals surface area contributed by atoms with Crippen LogP contribution in [0.2, 0.25) is 0 Å². The van der Waals surface area contributed by atoms with Crippen LogP contribution >= 0.6 is 0 Å². The number of hydrogen-bond donors (Lipinski definition) is 1. The molecule has 1 aromatic rings. The number of nitrogens with one attached hydrogen (secondary N) is 1. The number of rotatable bonds is 2. The fraction of sp³-hybridized carbons (Fsp3) is 0.500. The predicted octanol–water partition coefficient (Wildman–Crippen LogP) is 2.16. The van der Waals surface area contributed by atoms with Crippen molar-refractivity contribution in [1.82, 2.24) is 10.2 Å². The van der Waals surface area contributed by atoms with Gasteiger partial charge in [-0.05, 0) is 11.0 Å². The summed E-state index contributed by atoms with van der Waals surface area (Å²) >= 11 is 0. The van der Waals surface area contributed by atoms with Gasteiger partial charge in [-0.1, -0.05) is 51.1 Å². The molecule has 0 saturated carbocycles. The maximum atomic E-state index is 12.2. The van der Waals surface area contributed by atoms with E-state index >= 15 is 0 Å². The zero-order chi connectivity index (χ0) is 12.5. The average Bonchev–Trinajstić information content (AvgIpc) is 2.60. The number of benzene rings is 1. The van der Waals surface area contributed by atoms with Crippen LogP contribution in [0.25, 0.3) is 0 Å². The fourth-order valence-corrected chi connectivity index (χ4v) is 2.16. The molecule has 17 heavy (non-hydrogen) atoms. The van der Waals surface area contributed by atoms with Gasteiger partial charge in [-0.25, -0.2) is 0 Å². The lowest BCUT2D eigenvalue weighted by Gasteiger charge is -2.25. The minimum Gasteiger partial charge on any atom is -0.328 e. The van der Waals surface area contributed by atoms with E-state index in [2.05, 4.69) is 26.1 Å². The minimum atomic E-state index is -0.168. The van der Waals surface area contributed by atoms with Gasteiger partial charge in [0.25, 0.3) is 0 Å². The first-order valence-electron chi connectivity index (χ1n) is 6.04. The van der Waals surface area contributed by atoms with E-state index in [1.54, 1.807) is 0 Å². The lowest BCUT2D eigenvalue weighted by molar-refractivity contribution is -0.130. The fourth-order valence-electron chi connectivity index (χ4n) is 2.16. The van der Waals surface area contributed by atoms with E-state index in [1.807, 2.05) is 35.2 Å². The minimum absolute atomic E-state index is 0.142. The Morgan fingerprint density at radius 1 is 1.29 bits per heavy atom. The summed E-state index contributed by atoms with van der Waals surface area (Å²) in [5, 5.41) is 3.27. The maximum Gasteiger partial charge on any atom is 0.245 e. The molecule has 0 bridgehead atoms. The number of nitrogens with zero attached hydrogens (tertiary/aromatic N) is 1. The van der Waals surface area contributed by atoms with Crippen LogP contribution in [0.15, 0.2) is 30.3 Å². The van der Waals surface area contributed by atoms with Crippen molar-refractivity contribution in [3.05, 3.63) is 35.9 Å². The first-order chi connectivity index (χ1) is 7.97. The van der Waals surface area contributed by atoms with Crippen molar-refractivity contribution in [3.63, 3.8) is 0 Å². The molecule has 1 heterocycles. The maximum absolute atomic E-state index is 12.2. The van der Waals surface area contributed by atoms with Crippen LogP contribution in [0.4, 0.5) is 0 Å². The Morgan fingerprint density at radius 3 is 2.53 bits per heavy atom. The Bertz CT molecular complexity index is 394. The van der Waals surface area contributed by atoms with Crippen molar-refractivity contribution in [3.8, 4) is 0 Å². The van der Waals surface area contributed by atoms with Crippen LogP contribution in [0.3, 0.4) is 0 Å². The Morgan fingerprint density at radius 2 is 1.94 bits per heavy atom. The summed E-state index contributed by atoms with van der Waals surface area (Å²) in [5.74, 6) is 0.186. The highest BCUT2D eigenvalue weighted by Crippen LogP contribution is 2.24. The summed E-state index contributed by atoms with van der Waals surface area (Å²) in [4.78, 5) is 14.1. The highest BCUT2D eigenvalue weighted by Gasteiger charge is 2.33. The van der Waals surface area contributed by atoms with Crippen molar-refractivity contribution in [1.29, 1.82) is 0 Å². The third-order valence-corrected chi connectivity index (χ3v) is 2.84. The van der Waals surface area contributed by atoms with Gasteiger partial charge in [-0.2, -0.15) is 0 Å². The number of carbonyl (C=O) groups excluding carboxylic acids is 1. The van der Waals surface area contributed by atoms with Crippen LogP contribution in [0.1, 0.15) is 32.4 Å². The molecule has 0 aromatic heterocycles. The van der Waals surface area contributed by atoms with Crippen LogP contribution in [-0.2, 0) is 4.79 Å². The van der Waals surface area contributed by atoms with Gasteiger partial charge < -0.3 is 4.90 Å². The van der Waals surface area contributed by atoms with Crippen LogP contribution in [0.5, 0.6) is 0 Å². The molecule has 3 nitrogen and oxygen atoms in total. The summed E-state index contributed by atoms with van der Waals surface area (Å²) in [5.41, 5.74) is 1.19. The molecule has 1 fully saturated rings. The van der Waals surface area contributed by atoms with Gasteiger partial charge in [0.15, 0.2) is 0 Å². The molecule has 1 saturated heterocycles. The van der Waals surface area contributed by atoms with E-state index in [1.165, 1.54) is 0 Å². The topological polar surface area (TPSA) is 32.3 Å². The van der Waals surface area contributed by atoms with Crippen molar-refractivity contribution >= 4 is 5.91 Å². The molecular weight excluding hydrogens is 212 g/mol. The van der Waals surface area contributed by atoms with Gasteiger partial charge in [0.1, 0.15) is 6.04 Å². The SMILES string of the molecule is CC(C)(C)CN1CNC(c2ccccc2)C1=O. The molecule has 1 N–H and O–H groups in total. The number of carbonyl (C=O) groups is 1. The second kappa shape index (κ2) is 4.49. The van der Waals surface area contributed by atoms with E-state index in [-0.39, 0.29) is 17.4 Å². The third-order valence-electron chi connectivity index (χ3n) is 2.84. The smallest absolute Gasteiger partial charge is 0.245 e. The van der Waals surface area contributed by atoms with Gasteiger partial charge >= 0.3 is 0 Å². The molecule has 2 rings (SSSR count). The van der Waals surface area contributed by atoms with Gasteiger partial charge in [0, 0.05) is 6.54 Å². The third kappa shape index (κ3) is 2.86. The summed E-state index contributed by atoms with van der Waals surface area (Å²) < 4.78 is 0. The monoisotopic (exact) mass is 232 g/mol. The largest absolute Gasteiger partial charge is 0.328 e. The van der Waals surface area contributed by atoms with Crippen molar-refractivity contribution in [2.45, 2.75) is 26.8 Å². The molecule has 1 aliphatic heterocycles. The van der Waals surface area contributed by atoms with Crippen LogP contribution < -0.4 is 5.32 Å². The first kappa shape index (κ1) is 12.1. The number of hydrogen-bond acceptors (Lipinski definition) is 2. The van der Waals surface area contributed by atoms with Crippen molar-refractivity contribution in [2.24, 2.45) is 5.41 Å². The Hall–Kier alpha value is -1.35. The van der Waals surface area contributed by atoms with Crippen molar-refractivity contribution in [2.75, 3.05) is 13.2 Å². The molecule has 1 unspecified atom stereocenters. The molecule has 0 radical (unpaired) electrons. The summed E-state index contributed by atoms with van der Waals surface area (Å²) in [6.45, 7) is 7.89. The average molecular weight is 232 g/mol. The zero-order valence-corrected chi connectivity index (χ0v) is 10.7. The lowest BCUT2D eigenvalue weighted by atomic mass is 9.96. The molecule has 0 spiro atoms. The van der Waals surface area contributed by atoms with E-state index < -0.39 is 0 Å². The second-order valence-electron chi connectivity index (χ2n) is 5.80. The molecule has 92 valence electrons. The summed E-state index contributed by atoms with van der Waals surface area (Å²) in [6.07, 6.45) is 0. The van der Waals surface area contributed by atoms with Crippen molar-refractivity contribution < 1.29 is 4.79 Å². The highest BCUT2D eigenvalue weighted by molar-refractivity contribution is 5.85. The normalized spacial score (nSPS) is 21.0. The van der Waals surface area contributed by atoms with E-state index in [4.69, 9.17) is 0 Å². The quantitative estimate of drug-likeness (QED) is 0.847. The second-order valence-corrected chi connectivity index (χ2v) is 5.80. The molecular formula is C14H20N2O. The van der Waals surface area contributed by atoms with E-state index in [9.17, 15) is 4.79 Å². The van der Waals surface area contributed by atoms with E-state index in [0.29, 0.717) is 6.67 Å². The molecule has 1 aliphatic rings. The zero-order valence-electron chi connectivity index (χ0n) is 10.7. The van der Waals surface area contributed by atoms with Gasteiger partial charge in [0.05, 0.1) is 6.67 Å². The first-order valence-corrected chi connectivity index (χ1v) is 6.04. The molecule has 1 atom stereocenters. The van der Waals surface area contributed by atoms with E-state index in [0.717, 1.165) is 12.1 Å². The highest BCUT2D eigenvalue weighted by atomic mass is 16.2. The van der Waals surface area contributed by atoms with Gasteiger partial charge in [0.2, 0.25) is 5.91 Å². The predicted molar refractivity (Wildman–Crippen MR) is 68.4 cm³/mol. The molecule has 1 aromatic carbocycles.